The zero-order valence-corrected chi connectivity index (χ0v) is 16.1. The summed E-state index contributed by atoms with van der Waals surface area (Å²) < 4.78 is 5.86. The number of aromatic nitrogens is 1. The minimum atomic E-state index is -0.286. The van der Waals surface area contributed by atoms with Crippen molar-refractivity contribution >= 4 is 11.8 Å². The molecule has 0 aliphatic rings. The minimum Gasteiger partial charge on any atom is -0.446 e. The number of urea groups is 1. The number of nitrogens with zero attached hydrogens (tertiary/aromatic N) is 3. The Kier molecular flexibility index (Phi) is 6.95. The van der Waals surface area contributed by atoms with E-state index in [4.69, 9.17) is 4.74 Å². The average molecular weight is 364 g/mol. The molecule has 0 radical (unpaired) electrons. The third kappa shape index (κ3) is 5.86. The van der Waals surface area contributed by atoms with E-state index in [-0.39, 0.29) is 17.7 Å². The van der Waals surface area contributed by atoms with Crippen LogP contribution in [-0.2, 0) is 6.42 Å². The van der Waals surface area contributed by atoms with Gasteiger partial charge in [-0.15, -0.1) is 0 Å². The van der Waals surface area contributed by atoms with Gasteiger partial charge in [-0.05, 0) is 24.0 Å². The maximum absolute atomic E-state index is 11.9. The van der Waals surface area contributed by atoms with Crippen LogP contribution in [0.5, 0.6) is 5.75 Å². The van der Waals surface area contributed by atoms with Crippen LogP contribution in [0, 0.1) is 11.3 Å². The SMILES string of the molecule is CC(C)c1cnc(NC(=O)N(C)C)cc1O/C(C#N)=C/Cc1ccccc1. The lowest BCUT2D eigenvalue weighted by molar-refractivity contribution is 0.230. The smallest absolute Gasteiger partial charge is 0.322 e. The predicted molar refractivity (Wildman–Crippen MR) is 106 cm³/mol. The van der Waals surface area contributed by atoms with Crippen molar-refractivity contribution in [3.8, 4) is 11.8 Å². The molecular weight excluding hydrogens is 340 g/mol. The number of carbonyl (C=O) groups excluding carboxylic acids is 1. The topological polar surface area (TPSA) is 78.2 Å². The van der Waals surface area contributed by atoms with Crippen LogP contribution in [0.2, 0.25) is 0 Å². The van der Waals surface area contributed by atoms with Crippen LogP contribution in [0.3, 0.4) is 0 Å². The monoisotopic (exact) mass is 364 g/mol. The van der Waals surface area contributed by atoms with Crippen LogP contribution in [-0.4, -0.2) is 30.0 Å². The Morgan fingerprint density at radius 3 is 2.63 bits per heavy atom. The van der Waals surface area contributed by atoms with E-state index in [0.717, 1.165) is 11.1 Å². The van der Waals surface area contributed by atoms with Gasteiger partial charge in [-0.3, -0.25) is 5.32 Å². The number of anilines is 1. The number of benzene rings is 1. The maximum atomic E-state index is 11.9. The highest BCUT2D eigenvalue weighted by molar-refractivity contribution is 5.88. The van der Waals surface area contributed by atoms with Crippen molar-refractivity contribution < 1.29 is 9.53 Å². The van der Waals surface area contributed by atoms with Gasteiger partial charge in [-0.1, -0.05) is 44.2 Å². The first-order chi connectivity index (χ1) is 12.9. The quantitative estimate of drug-likeness (QED) is 0.611. The summed E-state index contributed by atoms with van der Waals surface area (Å²) in [6.45, 7) is 4.03. The second-order valence-corrected chi connectivity index (χ2v) is 6.56. The number of allylic oxidation sites excluding steroid dienone is 2. The first-order valence-corrected chi connectivity index (χ1v) is 8.71. The van der Waals surface area contributed by atoms with Crippen molar-refractivity contribution in [2.45, 2.75) is 26.2 Å². The molecule has 140 valence electrons. The normalized spacial score (nSPS) is 11.0. The molecule has 1 N–H and O–H groups in total. The van der Waals surface area contributed by atoms with Gasteiger partial charge >= 0.3 is 6.03 Å². The number of nitrogens with one attached hydrogen (secondary N) is 1. The lowest BCUT2D eigenvalue weighted by Gasteiger charge is -2.16. The van der Waals surface area contributed by atoms with Crippen molar-refractivity contribution in [1.29, 1.82) is 5.26 Å². The van der Waals surface area contributed by atoms with E-state index in [1.807, 2.05) is 44.2 Å². The van der Waals surface area contributed by atoms with E-state index in [9.17, 15) is 10.1 Å². The molecule has 2 aromatic rings. The second-order valence-electron chi connectivity index (χ2n) is 6.56. The molecule has 0 spiro atoms. The van der Waals surface area contributed by atoms with Gasteiger partial charge in [-0.2, -0.15) is 5.26 Å². The van der Waals surface area contributed by atoms with Crippen molar-refractivity contribution in [2.24, 2.45) is 0 Å². The molecule has 0 fully saturated rings. The molecule has 0 saturated carbocycles. The third-order valence-corrected chi connectivity index (χ3v) is 3.85. The van der Waals surface area contributed by atoms with E-state index in [2.05, 4.69) is 16.4 Å². The maximum Gasteiger partial charge on any atom is 0.322 e. The largest absolute Gasteiger partial charge is 0.446 e. The molecule has 2 rings (SSSR count). The first kappa shape index (κ1) is 20.0. The van der Waals surface area contributed by atoms with Gasteiger partial charge in [0.15, 0.2) is 5.76 Å². The molecule has 0 aliphatic heterocycles. The molecule has 0 bridgehead atoms. The summed E-state index contributed by atoms with van der Waals surface area (Å²) >= 11 is 0. The van der Waals surface area contributed by atoms with Crippen LogP contribution < -0.4 is 10.1 Å². The van der Waals surface area contributed by atoms with Gasteiger partial charge in [0, 0.05) is 31.9 Å². The number of nitriles is 1. The Hall–Kier alpha value is -3.33. The fraction of sp³-hybridized carbons (Fsp3) is 0.286. The van der Waals surface area contributed by atoms with Crippen LogP contribution in [0.25, 0.3) is 0 Å². The fourth-order valence-electron chi connectivity index (χ4n) is 2.31. The Morgan fingerprint density at radius 1 is 1.33 bits per heavy atom. The van der Waals surface area contributed by atoms with Gasteiger partial charge in [-0.25, -0.2) is 9.78 Å². The number of ether oxygens (including phenoxy) is 1. The zero-order valence-electron chi connectivity index (χ0n) is 16.1. The molecule has 1 heterocycles. The number of hydrogen-bond acceptors (Lipinski definition) is 4. The first-order valence-electron chi connectivity index (χ1n) is 8.71. The molecule has 6 heteroatoms. The van der Waals surface area contributed by atoms with Crippen LogP contribution >= 0.6 is 0 Å². The van der Waals surface area contributed by atoms with Crippen LogP contribution in [0.15, 0.2) is 54.4 Å². The van der Waals surface area contributed by atoms with E-state index in [0.29, 0.717) is 18.0 Å². The van der Waals surface area contributed by atoms with E-state index < -0.39 is 0 Å². The molecule has 1 aromatic carbocycles. The summed E-state index contributed by atoms with van der Waals surface area (Å²) in [7, 11) is 3.30. The van der Waals surface area contributed by atoms with E-state index in [1.165, 1.54) is 4.90 Å². The Morgan fingerprint density at radius 2 is 2.04 bits per heavy atom. The molecule has 2 amide bonds. The van der Waals surface area contributed by atoms with Crippen molar-refractivity contribution in [3.05, 3.63) is 65.6 Å². The highest BCUT2D eigenvalue weighted by Crippen LogP contribution is 2.29. The molecule has 6 nitrogen and oxygen atoms in total. The Labute approximate surface area is 160 Å². The van der Waals surface area contributed by atoms with E-state index in [1.54, 1.807) is 32.4 Å². The van der Waals surface area contributed by atoms with Gasteiger partial charge in [0.05, 0.1) is 0 Å². The fourth-order valence-corrected chi connectivity index (χ4v) is 2.31. The molecule has 0 atom stereocenters. The Balaban J connectivity index is 2.25. The summed E-state index contributed by atoms with van der Waals surface area (Å²) in [5, 5.41) is 12.1. The molecule has 0 aliphatic carbocycles. The summed E-state index contributed by atoms with van der Waals surface area (Å²) in [4.78, 5) is 17.5. The van der Waals surface area contributed by atoms with Crippen molar-refractivity contribution in [3.63, 3.8) is 0 Å². The number of rotatable bonds is 6. The summed E-state index contributed by atoms with van der Waals surface area (Å²) in [6.07, 6.45) is 4.01. The lowest BCUT2D eigenvalue weighted by atomic mass is 10.0. The molecule has 0 saturated heterocycles. The third-order valence-electron chi connectivity index (χ3n) is 3.85. The minimum absolute atomic E-state index is 0.153. The lowest BCUT2D eigenvalue weighted by Crippen LogP contribution is -2.27. The average Bonchev–Trinajstić information content (AvgIpc) is 2.65. The van der Waals surface area contributed by atoms with Crippen LogP contribution in [0.4, 0.5) is 10.6 Å². The summed E-state index contributed by atoms with van der Waals surface area (Å²) in [5.74, 6) is 1.24. The zero-order chi connectivity index (χ0) is 19.8. The summed E-state index contributed by atoms with van der Waals surface area (Å²) in [6, 6.07) is 13.3. The molecule has 27 heavy (non-hydrogen) atoms. The predicted octanol–water partition coefficient (Wildman–Crippen LogP) is 4.33. The molecular formula is C21H24N4O2. The van der Waals surface area contributed by atoms with Crippen molar-refractivity contribution in [2.75, 3.05) is 19.4 Å². The highest BCUT2D eigenvalue weighted by Gasteiger charge is 2.14. The highest BCUT2D eigenvalue weighted by atomic mass is 16.5. The van der Waals surface area contributed by atoms with Gasteiger partial charge in [0.1, 0.15) is 17.6 Å². The summed E-state index contributed by atoms with van der Waals surface area (Å²) in [5.41, 5.74) is 1.95. The van der Waals surface area contributed by atoms with Gasteiger partial charge < -0.3 is 9.64 Å². The second kappa shape index (κ2) is 9.39. The standard InChI is InChI=1S/C21H24N4O2/c1-15(2)18-14-23-20(24-21(26)25(3)4)12-19(18)27-17(13-22)11-10-16-8-6-5-7-9-16/h5-9,11-12,14-15H,10H2,1-4H3,(H,23,24,26)/b17-11+. The number of hydrogen-bond donors (Lipinski definition) is 1. The van der Waals surface area contributed by atoms with Gasteiger partial charge in [0.2, 0.25) is 0 Å². The van der Waals surface area contributed by atoms with Crippen molar-refractivity contribution in [1.82, 2.24) is 9.88 Å². The molecule has 1 aromatic heterocycles. The van der Waals surface area contributed by atoms with Gasteiger partial charge in [0.25, 0.3) is 0 Å². The van der Waals surface area contributed by atoms with Crippen LogP contribution in [0.1, 0.15) is 30.9 Å². The number of pyridine rings is 1. The Bertz CT molecular complexity index is 852. The molecule has 0 unspecified atom stereocenters. The number of amides is 2. The van der Waals surface area contributed by atoms with E-state index >= 15 is 0 Å². The number of carbonyl (C=O) groups is 1.